The number of H-pyrrole nitrogens is 1. The highest BCUT2D eigenvalue weighted by molar-refractivity contribution is 6.03. The first-order chi connectivity index (χ1) is 14.0. The number of aromatic nitrogens is 1. The van der Waals surface area contributed by atoms with Crippen LogP contribution in [0.4, 0.5) is 0 Å². The molecule has 30 heavy (non-hydrogen) atoms. The smallest absolute Gasteiger partial charge is 0.344 e. The number of methoxy groups -OCH3 is 1. The molecule has 162 valence electrons. The Balaban J connectivity index is 1.97. The number of ether oxygens (including phenoxy) is 3. The van der Waals surface area contributed by atoms with Crippen molar-refractivity contribution >= 4 is 17.7 Å². The number of benzene rings is 1. The van der Waals surface area contributed by atoms with Crippen molar-refractivity contribution < 1.29 is 28.6 Å². The summed E-state index contributed by atoms with van der Waals surface area (Å²) in [6.07, 6.45) is -1.04. The number of carbonyl (C=O) groups is 3. The first-order valence-corrected chi connectivity index (χ1v) is 9.70. The lowest BCUT2D eigenvalue weighted by atomic mass is 9.87. The number of carbonyl (C=O) groups excluding carboxylic acids is 3. The highest BCUT2D eigenvalue weighted by Gasteiger charge is 2.27. The van der Waals surface area contributed by atoms with Gasteiger partial charge < -0.3 is 19.2 Å². The van der Waals surface area contributed by atoms with Crippen LogP contribution >= 0.6 is 0 Å². The summed E-state index contributed by atoms with van der Waals surface area (Å²) in [6.45, 7) is 10.8. The van der Waals surface area contributed by atoms with E-state index in [1.54, 1.807) is 26.0 Å². The Bertz CT molecular complexity index is 934. The Hall–Kier alpha value is -3.09. The van der Waals surface area contributed by atoms with Gasteiger partial charge in [-0.2, -0.15) is 0 Å². The molecule has 0 radical (unpaired) electrons. The molecule has 0 aliphatic carbocycles. The fourth-order valence-corrected chi connectivity index (χ4v) is 3.09. The van der Waals surface area contributed by atoms with Crippen LogP contribution in [0, 0.1) is 13.8 Å². The van der Waals surface area contributed by atoms with Crippen molar-refractivity contribution in [3.8, 4) is 5.75 Å². The maximum absolute atomic E-state index is 12.7. The third-order valence-electron chi connectivity index (χ3n) is 4.83. The summed E-state index contributed by atoms with van der Waals surface area (Å²) >= 11 is 0. The van der Waals surface area contributed by atoms with Gasteiger partial charge in [0.25, 0.3) is 0 Å². The summed E-state index contributed by atoms with van der Waals surface area (Å²) in [5.74, 6) is -1.09. The molecule has 1 N–H and O–H groups in total. The monoisotopic (exact) mass is 415 g/mol. The number of esters is 2. The predicted molar refractivity (Wildman–Crippen MR) is 112 cm³/mol. The Labute approximate surface area is 176 Å². The number of Topliss-reactive ketones (excluding diaryl/α,β-unsaturated/α-hetero) is 1. The summed E-state index contributed by atoms with van der Waals surface area (Å²) in [7, 11) is 1.27. The SMILES string of the molecule is COC(=O)c1c(C)[nH]c(C(=O)C(C)OC(=O)COc2ccc(C(C)(C)C)cc2)c1C. The number of hydrogen-bond acceptors (Lipinski definition) is 6. The van der Waals surface area contributed by atoms with Gasteiger partial charge >= 0.3 is 11.9 Å². The summed E-state index contributed by atoms with van der Waals surface area (Å²) in [6, 6.07) is 7.48. The van der Waals surface area contributed by atoms with Gasteiger partial charge in [0.05, 0.1) is 18.4 Å². The molecular weight excluding hydrogens is 386 g/mol. The predicted octanol–water partition coefficient (Wildman–Crippen LogP) is 3.91. The molecular formula is C23H29NO6. The number of hydrogen-bond donors (Lipinski definition) is 1. The average Bonchev–Trinajstić information content (AvgIpc) is 2.98. The lowest BCUT2D eigenvalue weighted by Crippen LogP contribution is -2.28. The quantitative estimate of drug-likeness (QED) is 0.544. The second-order valence-electron chi connectivity index (χ2n) is 8.18. The van der Waals surface area contributed by atoms with Gasteiger partial charge in [0.1, 0.15) is 5.75 Å². The number of aromatic amines is 1. The van der Waals surface area contributed by atoms with Crippen LogP contribution in [0.1, 0.15) is 65.4 Å². The summed E-state index contributed by atoms with van der Waals surface area (Å²) in [4.78, 5) is 39.6. The zero-order valence-electron chi connectivity index (χ0n) is 18.5. The minimum Gasteiger partial charge on any atom is -0.482 e. The second kappa shape index (κ2) is 9.15. The molecule has 0 aliphatic rings. The molecule has 2 rings (SSSR count). The van der Waals surface area contributed by atoms with E-state index in [2.05, 4.69) is 25.8 Å². The van der Waals surface area contributed by atoms with Crippen LogP contribution in [0.5, 0.6) is 5.75 Å². The van der Waals surface area contributed by atoms with E-state index < -0.39 is 23.8 Å². The van der Waals surface area contributed by atoms with Gasteiger partial charge in [-0.15, -0.1) is 0 Å². The Kier molecular flexibility index (Phi) is 7.08. The van der Waals surface area contributed by atoms with Crippen LogP contribution in [0.2, 0.25) is 0 Å². The van der Waals surface area contributed by atoms with E-state index in [0.717, 1.165) is 5.56 Å². The molecule has 0 saturated carbocycles. The summed E-state index contributed by atoms with van der Waals surface area (Å²) in [5.41, 5.74) is 2.67. The molecule has 2 aromatic rings. The van der Waals surface area contributed by atoms with Gasteiger partial charge in [-0.05, 0) is 49.4 Å². The Morgan fingerprint density at radius 2 is 1.67 bits per heavy atom. The van der Waals surface area contributed by atoms with E-state index in [1.165, 1.54) is 14.0 Å². The third-order valence-corrected chi connectivity index (χ3v) is 4.83. The molecule has 0 amide bonds. The highest BCUT2D eigenvalue weighted by Crippen LogP contribution is 2.24. The standard InChI is InChI=1S/C23H29NO6/c1-13-19(22(27)28-7)14(2)24-20(13)21(26)15(3)30-18(25)12-29-17-10-8-16(9-11-17)23(4,5)6/h8-11,15,24H,12H2,1-7H3. The molecule has 7 nitrogen and oxygen atoms in total. The molecule has 0 saturated heterocycles. The normalized spacial score (nSPS) is 12.2. The van der Waals surface area contributed by atoms with E-state index >= 15 is 0 Å². The van der Waals surface area contributed by atoms with Gasteiger partial charge in [0.15, 0.2) is 12.7 Å². The fourth-order valence-electron chi connectivity index (χ4n) is 3.09. The van der Waals surface area contributed by atoms with Crippen molar-refractivity contribution in [3.05, 3.63) is 52.3 Å². The van der Waals surface area contributed by atoms with Gasteiger partial charge in [-0.3, -0.25) is 4.79 Å². The minimum atomic E-state index is -1.04. The minimum absolute atomic E-state index is 0.0231. The molecule has 1 unspecified atom stereocenters. The zero-order chi connectivity index (χ0) is 22.6. The van der Waals surface area contributed by atoms with Gasteiger partial charge in [-0.25, -0.2) is 9.59 Å². The van der Waals surface area contributed by atoms with Gasteiger partial charge in [-0.1, -0.05) is 32.9 Å². The fraction of sp³-hybridized carbons (Fsp3) is 0.435. The third kappa shape index (κ3) is 5.28. The largest absolute Gasteiger partial charge is 0.482 e. The topological polar surface area (TPSA) is 94.7 Å². The van der Waals surface area contributed by atoms with Crippen molar-refractivity contribution in [2.45, 2.75) is 53.1 Å². The lowest BCUT2D eigenvalue weighted by Gasteiger charge is -2.19. The molecule has 0 spiro atoms. The molecule has 1 atom stereocenters. The molecule has 0 bridgehead atoms. The van der Waals surface area contributed by atoms with Crippen molar-refractivity contribution in [2.24, 2.45) is 0 Å². The van der Waals surface area contributed by atoms with Crippen molar-refractivity contribution in [1.29, 1.82) is 0 Å². The number of aryl methyl sites for hydroxylation is 1. The Morgan fingerprint density at radius 1 is 1.07 bits per heavy atom. The summed E-state index contributed by atoms with van der Waals surface area (Å²) in [5, 5.41) is 0. The molecule has 0 fully saturated rings. The lowest BCUT2D eigenvalue weighted by molar-refractivity contribution is -0.148. The maximum Gasteiger partial charge on any atom is 0.344 e. The molecule has 7 heteroatoms. The van der Waals surface area contributed by atoms with E-state index in [9.17, 15) is 14.4 Å². The van der Waals surface area contributed by atoms with Crippen molar-refractivity contribution in [1.82, 2.24) is 4.98 Å². The van der Waals surface area contributed by atoms with E-state index in [-0.39, 0.29) is 17.7 Å². The van der Waals surface area contributed by atoms with Crippen LogP contribution in [-0.4, -0.2) is 42.5 Å². The van der Waals surface area contributed by atoms with Crippen molar-refractivity contribution in [3.63, 3.8) is 0 Å². The molecule has 1 aromatic heterocycles. The number of ketones is 1. The average molecular weight is 415 g/mol. The maximum atomic E-state index is 12.7. The van der Waals surface area contributed by atoms with Crippen molar-refractivity contribution in [2.75, 3.05) is 13.7 Å². The molecule has 1 aromatic carbocycles. The number of nitrogens with one attached hydrogen (secondary N) is 1. The second-order valence-corrected chi connectivity index (χ2v) is 8.18. The first-order valence-electron chi connectivity index (χ1n) is 9.70. The van der Waals surface area contributed by atoms with Gasteiger partial charge in [0, 0.05) is 5.69 Å². The Morgan fingerprint density at radius 3 is 2.20 bits per heavy atom. The zero-order valence-corrected chi connectivity index (χ0v) is 18.5. The molecule has 1 heterocycles. The highest BCUT2D eigenvalue weighted by atomic mass is 16.6. The number of rotatable bonds is 7. The van der Waals surface area contributed by atoms with Gasteiger partial charge in [0.2, 0.25) is 5.78 Å². The van der Waals surface area contributed by atoms with Crippen LogP contribution in [0.15, 0.2) is 24.3 Å². The molecule has 0 aliphatic heterocycles. The first kappa shape index (κ1) is 23.2. The van der Waals surface area contributed by atoms with E-state index in [4.69, 9.17) is 14.2 Å². The van der Waals surface area contributed by atoms with E-state index in [0.29, 0.717) is 22.6 Å². The van der Waals surface area contributed by atoms with E-state index in [1.807, 2.05) is 12.1 Å². The van der Waals surface area contributed by atoms with Crippen LogP contribution in [0.3, 0.4) is 0 Å². The summed E-state index contributed by atoms with van der Waals surface area (Å²) < 4.78 is 15.4. The van der Waals surface area contributed by atoms with Crippen LogP contribution < -0.4 is 4.74 Å². The van der Waals surface area contributed by atoms with Crippen LogP contribution in [0.25, 0.3) is 0 Å². The van der Waals surface area contributed by atoms with Crippen LogP contribution in [-0.2, 0) is 19.7 Å².